The van der Waals surface area contributed by atoms with Crippen LogP contribution in [0.25, 0.3) is 0 Å². The van der Waals surface area contributed by atoms with Gasteiger partial charge in [-0.2, -0.15) is 0 Å². The summed E-state index contributed by atoms with van der Waals surface area (Å²) in [7, 11) is -3.78. The van der Waals surface area contributed by atoms with Gasteiger partial charge in [-0.1, -0.05) is 41.9 Å². The van der Waals surface area contributed by atoms with Gasteiger partial charge < -0.3 is 10.2 Å². The number of amides is 2. The van der Waals surface area contributed by atoms with Crippen LogP contribution in [0.1, 0.15) is 44.4 Å². The van der Waals surface area contributed by atoms with Gasteiger partial charge in [0.2, 0.25) is 21.8 Å². The average molecular weight is 508 g/mol. The van der Waals surface area contributed by atoms with Crippen molar-refractivity contribution in [2.45, 2.75) is 59.7 Å². The number of nitrogens with one attached hydrogen (secondary N) is 1. The molecule has 0 radical (unpaired) electrons. The van der Waals surface area contributed by atoms with E-state index < -0.39 is 34.1 Å². The molecule has 0 bridgehead atoms. The van der Waals surface area contributed by atoms with E-state index in [4.69, 9.17) is 11.6 Å². The Morgan fingerprint density at radius 3 is 2.26 bits per heavy atom. The lowest BCUT2D eigenvalue weighted by Crippen LogP contribution is -2.54. The number of nitrogens with zero attached hydrogens (tertiary/aromatic N) is 2. The number of carbonyl (C=O) groups excluding carboxylic acids is 2. The SMILES string of the molecule is Cc1ccc(C)c(N(CC(=O)N(Cc2ccccc2Cl)[C@@H](C)C(=O)NC(C)(C)C)S(C)(=O)=O)c1. The summed E-state index contributed by atoms with van der Waals surface area (Å²) in [5, 5.41) is 3.35. The highest BCUT2D eigenvalue weighted by molar-refractivity contribution is 7.92. The molecule has 9 heteroatoms. The monoisotopic (exact) mass is 507 g/mol. The zero-order valence-corrected chi connectivity index (χ0v) is 22.4. The zero-order valence-electron chi connectivity index (χ0n) is 20.8. The van der Waals surface area contributed by atoms with Gasteiger partial charge in [0.05, 0.1) is 11.9 Å². The molecule has 2 amide bonds. The molecule has 2 aromatic rings. The Morgan fingerprint density at radius 1 is 1.09 bits per heavy atom. The first-order chi connectivity index (χ1) is 15.6. The second kappa shape index (κ2) is 10.8. The molecular formula is C25H34ClN3O4S. The Hall–Kier alpha value is -2.58. The lowest BCUT2D eigenvalue weighted by Gasteiger charge is -2.33. The van der Waals surface area contributed by atoms with Gasteiger partial charge in [0.25, 0.3) is 0 Å². The highest BCUT2D eigenvalue weighted by Crippen LogP contribution is 2.25. The van der Waals surface area contributed by atoms with Crippen LogP contribution in [0.3, 0.4) is 0 Å². The third-order valence-corrected chi connectivity index (χ3v) is 6.77. The summed E-state index contributed by atoms with van der Waals surface area (Å²) in [6, 6.07) is 11.6. The van der Waals surface area contributed by atoms with E-state index in [1.807, 2.05) is 39.8 Å². The predicted octanol–water partition coefficient (Wildman–Crippen LogP) is 4.05. The van der Waals surface area contributed by atoms with Crippen molar-refractivity contribution in [3.63, 3.8) is 0 Å². The van der Waals surface area contributed by atoms with E-state index in [9.17, 15) is 18.0 Å². The highest BCUT2D eigenvalue weighted by Gasteiger charge is 2.32. The van der Waals surface area contributed by atoms with Crippen molar-refractivity contribution in [2.75, 3.05) is 17.1 Å². The van der Waals surface area contributed by atoms with Gasteiger partial charge >= 0.3 is 0 Å². The van der Waals surface area contributed by atoms with E-state index in [-0.39, 0.29) is 12.5 Å². The normalized spacial score (nSPS) is 12.7. The smallest absolute Gasteiger partial charge is 0.244 e. The van der Waals surface area contributed by atoms with Crippen molar-refractivity contribution in [2.24, 2.45) is 0 Å². The topological polar surface area (TPSA) is 86.8 Å². The lowest BCUT2D eigenvalue weighted by atomic mass is 10.1. The molecule has 34 heavy (non-hydrogen) atoms. The Balaban J connectivity index is 2.47. The molecule has 1 N–H and O–H groups in total. The average Bonchev–Trinajstić information content (AvgIpc) is 2.70. The first kappa shape index (κ1) is 27.7. The fraction of sp³-hybridized carbons (Fsp3) is 0.440. The largest absolute Gasteiger partial charge is 0.350 e. The molecule has 2 aromatic carbocycles. The van der Waals surface area contributed by atoms with Gasteiger partial charge in [-0.15, -0.1) is 0 Å². The Bertz CT molecular complexity index is 1160. The molecule has 7 nitrogen and oxygen atoms in total. The summed E-state index contributed by atoms with van der Waals surface area (Å²) in [5.74, 6) is -0.853. The van der Waals surface area contributed by atoms with Gasteiger partial charge in [-0.05, 0) is 70.4 Å². The Morgan fingerprint density at radius 2 is 1.71 bits per heavy atom. The van der Waals surface area contributed by atoms with Crippen molar-refractivity contribution >= 4 is 39.1 Å². The number of sulfonamides is 1. The summed E-state index contributed by atoms with van der Waals surface area (Å²) < 4.78 is 26.5. The number of benzene rings is 2. The molecule has 0 aliphatic rings. The van der Waals surface area contributed by atoms with Crippen LogP contribution in [0.5, 0.6) is 0 Å². The second-order valence-electron chi connectivity index (χ2n) is 9.59. The van der Waals surface area contributed by atoms with Crippen LogP contribution >= 0.6 is 11.6 Å². The molecule has 0 unspecified atom stereocenters. The van der Waals surface area contributed by atoms with Crippen LogP contribution in [-0.2, 0) is 26.2 Å². The number of aryl methyl sites for hydroxylation is 2. The molecule has 0 spiro atoms. The molecule has 1 atom stereocenters. The molecular weight excluding hydrogens is 474 g/mol. The molecule has 186 valence electrons. The van der Waals surface area contributed by atoms with Crippen molar-refractivity contribution in [1.82, 2.24) is 10.2 Å². The van der Waals surface area contributed by atoms with E-state index in [1.54, 1.807) is 44.2 Å². The third kappa shape index (κ3) is 7.46. The van der Waals surface area contributed by atoms with E-state index in [0.29, 0.717) is 16.3 Å². The minimum absolute atomic E-state index is 0.0572. The molecule has 0 aliphatic heterocycles. The fourth-order valence-electron chi connectivity index (χ4n) is 3.45. The lowest BCUT2D eigenvalue weighted by molar-refractivity contribution is -0.140. The van der Waals surface area contributed by atoms with Gasteiger partial charge in [0, 0.05) is 17.1 Å². The van der Waals surface area contributed by atoms with E-state index in [1.165, 1.54) is 4.90 Å². The summed E-state index contributed by atoms with van der Waals surface area (Å²) in [6.45, 7) is 10.4. The minimum Gasteiger partial charge on any atom is -0.350 e. The molecule has 0 aliphatic carbocycles. The van der Waals surface area contributed by atoms with Crippen LogP contribution in [-0.4, -0.2) is 49.5 Å². The molecule has 0 fully saturated rings. The van der Waals surface area contributed by atoms with Gasteiger partial charge in [-0.25, -0.2) is 8.42 Å². The molecule has 0 heterocycles. The van der Waals surface area contributed by atoms with Gasteiger partial charge in [0.1, 0.15) is 12.6 Å². The maximum Gasteiger partial charge on any atom is 0.244 e. The summed E-state index contributed by atoms with van der Waals surface area (Å²) >= 11 is 6.33. The van der Waals surface area contributed by atoms with Crippen molar-refractivity contribution in [3.05, 3.63) is 64.2 Å². The van der Waals surface area contributed by atoms with E-state index in [2.05, 4.69) is 5.32 Å². The number of hydrogen-bond acceptors (Lipinski definition) is 4. The second-order valence-corrected chi connectivity index (χ2v) is 11.9. The van der Waals surface area contributed by atoms with E-state index in [0.717, 1.165) is 21.7 Å². The van der Waals surface area contributed by atoms with Gasteiger partial charge in [0.15, 0.2) is 0 Å². The number of rotatable bonds is 8. The molecule has 0 aromatic heterocycles. The fourth-order valence-corrected chi connectivity index (χ4v) is 4.54. The summed E-state index contributed by atoms with van der Waals surface area (Å²) in [5.41, 5.74) is 2.18. The van der Waals surface area contributed by atoms with Crippen LogP contribution in [0.15, 0.2) is 42.5 Å². The predicted molar refractivity (Wildman–Crippen MR) is 137 cm³/mol. The first-order valence-corrected chi connectivity index (χ1v) is 13.2. The standard InChI is InChI=1S/C25H34ClN3O4S/c1-17-12-13-18(2)22(14-17)29(34(7,32)33)16-23(30)28(15-20-10-8-9-11-21(20)26)19(3)24(31)27-25(4,5)6/h8-14,19H,15-16H2,1-7H3,(H,27,31)/t19-/m0/s1. The zero-order chi connectivity index (χ0) is 25.8. The maximum absolute atomic E-state index is 13.6. The van der Waals surface area contributed by atoms with Crippen LogP contribution in [0.4, 0.5) is 5.69 Å². The van der Waals surface area contributed by atoms with Crippen molar-refractivity contribution < 1.29 is 18.0 Å². The van der Waals surface area contributed by atoms with Crippen LogP contribution in [0.2, 0.25) is 5.02 Å². The quantitative estimate of drug-likeness (QED) is 0.583. The number of carbonyl (C=O) groups is 2. The Kier molecular flexibility index (Phi) is 8.77. The third-order valence-electron chi connectivity index (χ3n) is 5.28. The highest BCUT2D eigenvalue weighted by atomic mass is 35.5. The van der Waals surface area contributed by atoms with Crippen LogP contribution < -0.4 is 9.62 Å². The number of anilines is 1. The minimum atomic E-state index is -3.78. The van der Waals surface area contributed by atoms with Crippen molar-refractivity contribution in [1.29, 1.82) is 0 Å². The van der Waals surface area contributed by atoms with Gasteiger partial charge in [-0.3, -0.25) is 13.9 Å². The van der Waals surface area contributed by atoms with Crippen LogP contribution in [0, 0.1) is 13.8 Å². The Labute approximate surface area is 208 Å². The number of hydrogen-bond donors (Lipinski definition) is 1. The molecule has 2 rings (SSSR count). The molecule has 0 saturated carbocycles. The number of halogens is 1. The van der Waals surface area contributed by atoms with Crippen molar-refractivity contribution in [3.8, 4) is 0 Å². The summed E-state index contributed by atoms with van der Waals surface area (Å²) in [6.07, 6.45) is 1.07. The van der Waals surface area contributed by atoms with E-state index >= 15 is 0 Å². The first-order valence-electron chi connectivity index (χ1n) is 11.0. The summed E-state index contributed by atoms with van der Waals surface area (Å²) in [4.78, 5) is 27.9. The molecule has 0 saturated heterocycles. The maximum atomic E-state index is 13.6.